The quantitative estimate of drug-likeness (QED) is 0.372. The molecule has 0 spiro atoms. The highest BCUT2D eigenvalue weighted by molar-refractivity contribution is 7.09. The van der Waals surface area contributed by atoms with Gasteiger partial charge in [-0.1, -0.05) is 11.2 Å². The molecule has 0 saturated carbocycles. The van der Waals surface area contributed by atoms with Crippen LogP contribution in [-0.4, -0.2) is 31.7 Å². The molecule has 0 fully saturated rings. The number of rotatable bonds is 6. The Kier molecular flexibility index (Phi) is 5.05. The molecule has 1 aromatic carbocycles. The van der Waals surface area contributed by atoms with E-state index in [1.165, 1.54) is 4.88 Å². The third-order valence-corrected chi connectivity index (χ3v) is 4.21. The van der Waals surface area contributed by atoms with Crippen molar-refractivity contribution in [2.45, 2.75) is 6.42 Å². The van der Waals surface area contributed by atoms with Gasteiger partial charge >= 0.3 is 0 Å². The molecular weight excluding hydrogens is 286 g/mol. The second-order valence-electron chi connectivity index (χ2n) is 4.62. The van der Waals surface area contributed by atoms with E-state index in [-0.39, 0.29) is 5.84 Å². The van der Waals surface area contributed by atoms with Crippen LogP contribution in [0.5, 0.6) is 5.75 Å². The number of nitrogens with two attached hydrogens (primary N) is 1. The van der Waals surface area contributed by atoms with Crippen LogP contribution in [0.1, 0.15) is 10.4 Å². The summed E-state index contributed by atoms with van der Waals surface area (Å²) in [4.78, 5) is 3.41. The lowest BCUT2D eigenvalue weighted by molar-refractivity contribution is 0.318. The summed E-state index contributed by atoms with van der Waals surface area (Å²) in [5.74, 6) is 0.832. The number of benzene rings is 1. The molecule has 112 valence electrons. The normalized spacial score (nSPS) is 11.4. The molecule has 2 aromatic rings. The molecule has 0 atom stereocenters. The maximum Gasteiger partial charge on any atom is 0.172 e. The van der Waals surface area contributed by atoms with Crippen molar-refractivity contribution in [3.05, 3.63) is 46.2 Å². The zero-order valence-corrected chi connectivity index (χ0v) is 12.9. The Balaban J connectivity index is 2.22. The molecule has 0 amide bonds. The van der Waals surface area contributed by atoms with Gasteiger partial charge in [0.2, 0.25) is 0 Å². The number of amidine groups is 1. The number of likely N-dealkylation sites (N-methyl/N-ethyl adjacent to an activating group) is 1. The Morgan fingerprint density at radius 1 is 1.43 bits per heavy atom. The fraction of sp³-hybridized carbons (Fsp3) is 0.267. The van der Waals surface area contributed by atoms with Crippen molar-refractivity contribution in [1.82, 2.24) is 0 Å². The first-order valence-electron chi connectivity index (χ1n) is 6.55. The average Bonchev–Trinajstić information content (AvgIpc) is 3.04. The molecular formula is C15H19N3O2S. The second-order valence-corrected chi connectivity index (χ2v) is 5.65. The summed E-state index contributed by atoms with van der Waals surface area (Å²) in [5, 5.41) is 14.1. The van der Waals surface area contributed by atoms with E-state index in [1.807, 2.05) is 19.2 Å². The van der Waals surface area contributed by atoms with Gasteiger partial charge in [0.15, 0.2) is 5.84 Å². The van der Waals surface area contributed by atoms with Gasteiger partial charge in [0.1, 0.15) is 5.75 Å². The molecule has 0 radical (unpaired) electrons. The minimum atomic E-state index is 0.0932. The molecule has 3 N–H and O–H groups in total. The van der Waals surface area contributed by atoms with Crippen LogP contribution in [0.2, 0.25) is 0 Å². The molecule has 0 aliphatic heterocycles. The van der Waals surface area contributed by atoms with E-state index in [9.17, 15) is 0 Å². The van der Waals surface area contributed by atoms with Gasteiger partial charge in [0.25, 0.3) is 0 Å². The first-order valence-corrected chi connectivity index (χ1v) is 7.43. The van der Waals surface area contributed by atoms with E-state index in [1.54, 1.807) is 30.6 Å². The minimum absolute atomic E-state index is 0.0932. The van der Waals surface area contributed by atoms with Crippen LogP contribution >= 0.6 is 11.3 Å². The number of hydrogen-bond donors (Lipinski definition) is 2. The summed E-state index contributed by atoms with van der Waals surface area (Å²) < 4.78 is 5.26. The topological polar surface area (TPSA) is 71.1 Å². The molecule has 1 heterocycles. The van der Waals surface area contributed by atoms with Gasteiger partial charge in [-0.15, -0.1) is 11.3 Å². The molecule has 2 rings (SSSR count). The predicted molar refractivity (Wildman–Crippen MR) is 86.8 cm³/mol. The van der Waals surface area contributed by atoms with Crippen molar-refractivity contribution in [2.24, 2.45) is 10.9 Å². The van der Waals surface area contributed by atoms with E-state index < -0.39 is 0 Å². The fourth-order valence-corrected chi connectivity index (χ4v) is 2.78. The van der Waals surface area contributed by atoms with E-state index in [4.69, 9.17) is 15.7 Å². The van der Waals surface area contributed by atoms with Crippen LogP contribution in [0, 0.1) is 0 Å². The number of oxime groups is 1. The summed E-state index contributed by atoms with van der Waals surface area (Å²) in [6.45, 7) is 0.833. The zero-order valence-electron chi connectivity index (χ0n) is 12.1. The first kappa shape index (κ1) is 15.2. The Morgan fingerprint density at radius 2 is 2.24 bits per heavy atom. The number of hydrogen-bond acceptors (Lipinski definition) is 5. The molecule has 0 aliphatic rings. The van der Waals surface area contributed by atoms with E-state index >= 15 is 0 Å². The lowest BCUT2D eigenvalue weighted by Crippen LogP contribution is -2.24. The second kappa shape index (κ2) is 6.99. The fourth-order valence-electron chi connectivity index (χ4n) is 2.08. The number of nitrogens with zero attached hydrogens (tertiary/aromatic N) is 2. The number of methoxy groups -OCH3 is 1. The SMILES string of the molecule is COc1ccc(/C(N)=N/O)c(N(C)CCc2cccs2)c1. The number of ether oxygens (including phenoxy) is 1. The van der Waals surface area contributed by atoms with Crippen LogP contribution in [-0.2, 0) is 6.42 Å². The average molecular weight is 305 g/mol. The van der Waals surface area contributed by atoms with Crippen LogP contribution in [0.25, 0.3) is 0 Å². The van der Waals surface area contributed by atoms with Gasteiger partial charge in [0, 0.05) is 30.1 Å². The maximum atomic E-state index is 8.92. The summed E-state index contributed by atoms with van der Waals surface area (Å²) >= 11 is 1.74. The maximum absolute atomic E-state index is 8.92. The Labute approximate surface area is 128 Å². The van der Waals surface area contributed by atoms with Crippen molar-refractivity contribution in [3.8, 4) is 5.75 Å². The summed E-state index contributed by atoms with van der Waals surface area (Å²) in [7, 11) is 3.60. The van der Waals surface area contributed by atoms with Crippen LogP contribution < -0.4 is 15.4 Å². The third kappa shape index (κ3) is 3.66. The van der Waals surface area contributed by atoms with Gasteiger partial charge in [-0.3, -0.25) is 0 Å². The molecule has 6 heteroatoms. The van der Waals surface area contributed by atoms with Crippen molar-refractivity contribution in [2.75, 3.05) is 25.6 Å². The monoisotopic (exact) mass is 305 g/mol. The molecule has 0 unspecified atom stereocenters. The van der Waals surface area contributed by atoms with Gasteiger partial charge in [-0.2, -0.15) is 0 Å². The van der Waals surface area contributed by atoms with Crippen molar-refractivity contribution >= 4 is 22.9 Å². The Hall–Kier alpha value is -2.21. The molecule has 21 heavy (non-hydrogen) atoms. The molecule has 0 saturated heterocycles. The zero-order chi connectivity index (χ0) is 15.2. The number of anilines is 1. The summed E-state index contributed by atoms with van der Waals surface area (Å²) in [6.07, 6.45) is 0.945. The van der Waals surface area contributed by atoms with Crippen LogP contribution in [0.4, 0.5) is 5.69 Å². The van der Waals surface area contributed by atoms with Crippen molar-refractivity contribution < 1.29 is 9.94 Å². The molecule has 1 aromatic heterocycles. The molecule has 5 nitrogen and oxygen atoms in total. The third-order valence-electron chi connectivity index (χ3n) is 3.27. The Morgan fingerprint density at radius 3 is 2.86 bits per heavy atom. The van der Waals surface area contributed by atoms with Gasteiger partial charge in [-0.05, 0) is 30.0 Å². The first-order chi connectivity index (χ1) is 10.2. The highest BCUT2D eigenvalue weighted by atomic mass is 32.1. The van der Waals surface area contributed by atoms with Crippen molar-refractivity contribution in [3.63, 3.8) is 0 Å². The highest BCUT2D eigenvalue weighted by Crippen LogP contribution is 2.26. The smallest absolute Gasteiger partial charge is 0.172 e. The van der Waals surface area contributed by atoms with E-state index in [2.05, 4.69) is 21.5 Å². The molecule has 0 aliphatic carbocycles. The summed E-state index contributed by atoms with van der Waals surface area (Å²) in [6, 6.07) is 9.65. The van der Waals surface area contributed by atoms with E-state index in [0.29, 0.717) is 5.56 Å². The largest absolute Gasteiger partial charge is 0.497 e. The number of thiophene rings is 1. The lowest BCUT2D eigenvalue weighted by atomic mass is 10.1. The minimum Gasteiger partial charge on any atom is -0.497 e. The van der Waals surface area contributed by atoms with Crippen LogP contribution in [0.15, 0.2) is 40.9 Å². The van der Waals surface area contributed by atoms with Gasteiger partial charge < -0.3 is 20.6 Å². The summed E-state index contributed by atoms with van der Waals surface area (Å²) in [5.41, 5.74) is 7.31. The van der Waals surface area contributed by atoms with Crippen molar-refractivity contribution in [1.29, 1.82) is 0 Å². The highest BCUT2D eigenvalue weighted by Gasteiger charge is 2.13. The molecule has 0 bridgehead atoms. The predicted octanol–water partition coefficient (Wildman–Crippen LogP) is 2.53. The standard InChI is InChI=1S/C15H19N3O2S/c1-18(8-7-12-4-3-9-21-12)14-10-11(20-2)5-6-13(14)15(16)17-19/h3-6,9-10,19H,7-8H2,1-2H3,(H2,16,17). The van der Waals surface area contributed by atoms with E-state index in [0.717, 1.165) is 24.4 Å². The van der Waals surface area contributed by atoms with Gasteiger partial charge in [0.05, 0.1) is 12.8 Å². The van der Waals surface area contributed by atoms with Crippen LogP contribution in [0.3, 0.4) is 0 Å². The Bertz CT molecular complexity index is 611. The van der Waals surface area contributed by atoms with Gasteiger partial charge in [-0.25, -0.2) is 0 Å². The lowest BCUT2D eigenvalue weighted by Gasteiger charge is -2.22.